The van der Waals surface area contributed by atoms with E-state index in [1.54, 1.807) is 11.0 Å². The molecule has 1 heterocycles. The lowest BCUT2D eigenvalue weighted by Gasteiger charge is -2.47. The van der Waals surface area contributed by atoms with Crippen molar-refractivity contribution in [3.05, 3.63) is 100 Å². The molecule has 0 aromatic heterocycles. The van der Waals surface area contributed by atoms with Crippen molar-refractivity contribution in [2.75, 3.05) is 11.4 Å². The number of benzene rings is 3. The number of aromatic carboxylic acids is 1. The molecule has 188 valence electrons. The van der Waals surface area contributed by atoms with Crippen LogP contribution in [0.5, 0.6) is 0 Å². The van der Waals surface area contributed by atoms with Gasteiger partial charge in [-0.05, 0) is 58.7 Å². The maximum atomic E-state index is 14.5. The van der Waals surface area contributed by atoms with Gasteiger partial charge in [0.25, 0.3) is 0 Å². The number of nitrogens with zero attached hydrogens (tertiary/aromatic N) is 1. The van der Waals surface area contributed by atoms with Gasteiger partial charge in [0.15, 0.2) is 11.6 Å². The molecule has 3 aromatic carbocycles. The van der Waals surface area contributed by atoms with Gasteiger partial charge in [0, 0.05) is 13.0 Å². The smallest absolute Gasteiger partial charge is 0.337 e. The molecule has 7 heteroatoms. The highest BCUT2D eigenvalue weighted by Gasteiger charge is 2.47. The highest BCUT2D eigenvalue weighted by molar-refractivity contribution is 5.99. The van der Waals surface area contributed by atoms with Gasteiger partial charge < -0.3 is 15.7 Å². The molecule has 36 heavy (non-hydrogen) atoms. The highest BCUT2D eigenvalue weighted by atomic mass is 19.2. The fourth-order valence-corrected chi connectivity index (χ4v) is 5.09. The van der Waals surface area contributed by atoms with Crippen LogP contribution in [0.1, 0.15) is 59.8 Å². The van der Waals surface area contributed by atoms with Crippen LogP contribution in [0.2, 0.25) is 0 Å². The zero-order valence-corrected chi connectivity index (χ0v) is 20.6. The SMILES string of the molecule is CC(C)(C)c1ccc(CC(C(N)=O)(c2ccc(F)c(F)c2)N2CCCc3cccc(C(=O)O)c32)cc1. The first-order valence-electron chi connectivity index (χ1n) is 11.9. The van der Waals surface area contributed by atoms with Crippen LogP contribution in [0.3, 0.4) is 0 Å². The van der Waals surface area contributed by atoms with E-state index in [4.69, 9.17) is 5.73 Å². The molecular weight excluding hydrogens is 462 g/mol. The Hall–Kier alpha value is -3.74. The first-order chi connectivity index (χ1) is 16.9. The van der Waals surface area contributed by atoms with Gasteiger partial charge >= 0.3 is 5.97 Å². The normalized spacial score (nSPS) is 15.2. The number of aryl methyl sites for hydroxylation is 1. The molecular formula is C29H30F2N2O3. The zero-order valence-electron chi connectivity index (χ0n) is 20.6. The average molecular weight is 493 g/mol. The molecule has 0 spiro atoms. The van der Waals surface area contributed by atoms with E-state index in [1.807, 2.05) is 30.3 Å². The summed E-state index contributed by atoms with van der Waals surface area (Å²) in [6, 6.07) is 16.0. The van der Waals surface area contributed by atoms with Crippen molar-refractivity contribution in [2.24, 2.45) is 5.73 Å². The van der Waals surface area contributed by atoms with Gasteiger partial charge in [-0.15, -0.1) is 0 Å². The number of rotatable bonds is 6. The van der Waals surface area contributed by atoms with Gasteiger partial charge in [-0.25, -0.2) is 13.6 Å². The Morgan fingerprint density at radius 1 is 0.972 bits per heavy atom. The molecule has 3 aromatic rings. The quantitative estimate of drug-likeness (QED) is 0.487. The van der Waals surface area contributed by atoms with Crippen LogP contribution >= 0.6 is 0 Å². The van der Waals surface area contributed by atoms with Gasteiger partial charge in [-0.1, -0.05) is 63.2 Å². The third-order valence-electron chi connectivity index (χ3n) is 6.99. The summed E-state index contributed by atoms with van der Waals surface area (Å²) in [6.45, 7) is 6.60. The second-order valence-corrected chi connectivity index (χ2v) is 10.4. The van der Waals surface area contributed by atoms with Crippen molar-refractivity contribution in [3.63, 3.8) is 0 Å². The summed E-state index contributed by atoms with van der Waals surface area (Å²) >= 11 is 0. The van der Waals surface area contributed by atoms with Gasteiger partial charge in [0.2, 0.25) is 5.91 Å². The van der Waals surface area contributed by atoms with Crippen LogP contribution in [-0.4, -0.2) is 23.5 Å². The number of fused-ring (bicyclic) bond motifs is 1. The topological polar surface area (TPSA) is 83.6 Å². The second kappa shape index (κ2) is 9.37. The fourth-order valence-electron chi connectivity index (χ4n) is 5.09. The number of carbonyl (C=O) groups is 2. The number of amides is 1. The summed E-state index contributed by atoms with van der Waals surface area (Å²) in [7, 11) is 0. The maximum absolute atomic E-state index is 14.5. The minimum absolute atomic E-state index is 0.0310. The number of carboxylic acids is 1. The molecule has 1 atom stereocenters. The Labute approximate surface area is 209 Å². The largest absolute Gasteiger partial charge is 0.478 e. The lowest BCUT2D eigenvalue weighted by molar-refractivity contribution is -0.123. The number of hydrogen-bond acceptors (Lipinski definition) is 3. The number of nitrogens with two attached hydrogens (primary N) is 1. The molecule has 1 unspecified atom stereocenters. The van der Waals surface area contributed by atoms with Gasteiger partial charge in [0.1, 0.15) is 5.54 Å². The van der Waals surface area contributed by atoms with Gasteiger partial charge in [-0.2, -0.15) is 0 Å². The van der Waals surface area contributed by atoms with Gasteiger partial charge in [0.05, 0.1) is 11.3 Å². The molecule has 0 saturated heterocycles. The van der Waals surface area contributed by atoms with E-state index >= 15 is 0 Å². The molecule has 1 aliphatic heterocycles. The van der Waals surface area contributed by atoms with Crippen molar-refractivity contribution in [1.29, 1.82) is 0 Å². The summed E-state index contributed by atoms with van der Waals surface area (Å²) in [6.07, 6.45) is 1.31. The molecule has 1 aliphatic rings. The predicted molar refractivity (Wildman–Crippen MR) is 135 cm³/mol. The summed E-state index contributed by atoms with van der Waals surface area (Å²) in [4.78, 5) is 27.3. The maximum Gasteiger partial charge on any atom is 0.337 e. The molecule has 0 aliphatic carbocycles. The third kappa shape index (κ3) is 4.45. The predicted octanol–water partition coefficient (Wildman–Crippen LogP) is 5.34. The summed E-state index contributed by atoms with van der Waals surface area (Å²) in [5, 5.41) is 9.96. The minimum atomic E-state index is -1.65. The average Bonchev–Trinajstić information content (AvgIpc) is 2.83. The Morgan fingerprint density at radius 3 is 2.22 bits per heavy atom. The van der Waals surface area contributed by atoms with Gasteiger partial charge in [-0.3, -0.25) is 4.79 Å². The van der Waals surface area contributed by atoms with Crippen molar-refractivity contribution in [3.8, 4) is 0 Å². The van der Waals surface area contributed by atoms with E-state index in [2.05, 4.69) is 20.8 Å². The van der Waals surface area contributed by atoms with Crippen LogP contribution in [0.25, 0.3) is 0 Å². The van der Waals surface area contributed by atoms with E-state index in [0.29, 0.717) is 25.1 Å². The van der Waals surface area contributed by atoms with Crippen LogP contribution < -0.4 is 10.6 Å². The van der Waals surface area contributed by atoms with Crippen LogP contribution in [-0.2, 0) is 28.6 Å². The Kier molecular flexibility index (Phi) is 6.60. The summed E-state index contributed by atoms with van der Waals surface area (Å²) in [5.41, 5.74) is 7.57. The molecule has 0 saturated carbocycles. The molecule has 4 rings (SSSR count). The fraction of sp³-hybridized carbons (Fsp3) is 0.310. The zero-order chi connectivity index (χ0) is 26.3. The number of hydrogen-bond donors (Lipinski definition) is 2. The number of primary amides is 1. The Bertz CT molecular complexity index is 1320. The number of anilines is 1. The van der Waals surface area contributed by atoms with E-state index in [1.165, 1.54) is 12.1 Å². The van der Waals surface area contributed by atoms with Crippen molar-refractivity contribution in [1.82, 2.24) is 0 Å². The van der Waals surface area contributed by atoms with Crippen molar-refractivity contribution in [2.45, 2.75) is 51.0 Å². The molecule has 3 N–H and O–H groups in total. The first-order valence-corrected chi connectivity index (χ1v) is 11.9. The number of para-hydroxylation sites is 1. The van der Waals surface area contributed by atoms with E-state index in [-0.39, 0.29) is 23.0 Å². The van der Waals surface area contributed by atoms with Crippen LogP contribution in [0.4, 0.5) is 14.5 Å². The second-order valence-electron chi connectivity index (χ2n) is 10.4. The molecule has 0 fully saturated rings. The van der Waals surface area contributed by atoms with Crippen LogP contribution in [0.15, 0.2) is 60.7 Å². The summed E-state index contributed by atoms with van der Waals surface area (Å²) in [5.74, 6) is -4.07. The van der Waals surface area contributed by atoms with E-state index in [9.17, 15) is 23.5 Å². The number of carboxylic acid groups (broad SMARTS) is 1. The Morgan fingerprint density at radius 2 is 1.64 bits per heavy atom. The molecule has 1 amide bonds. The first kappa shape index (κ1) is 25.4. The van der Waals surface area contributed by atoms with Crippen LogP contribution in [0, 0.1) is 11.6 Å². The lowest BCUT2D eigenvalue weighted by atomic mass is 9.78. The minimum Gasteiger partial charge on any atom is -0.478 e. The highest BCUT2D eigenvalue weighted by Crippen LogP contribution is 2.43. The van der Waals surface area contributed by atoms with E-state index in [0.717, 1.165) is 28.8 Å². The molecule has 0 radical (unpaired) electrons. The standard InChI is InChI=1S/C29H30F2N2O3/c1-28(2,3)20-11-9-18(10-12-20)17-29(27(32)36,21-13-14-23(30)24(31)16-21)33-15-5-7-19-6-4-8-22(25(19)33)26(34)35/h4,6,8-14,16H,5,7,15,17H2,1-3H3,(H2,32,36)(H,34,35). The number of halogens is 2. The van der Waals surface area contributed by atoms with Crippen molar-refractivity contribution < 1.29 is 23.5 Å². The summed E-state index contributed by atoms with van der Waals surface area (Å²) < 4.78 is 28.5. The van der Waals surface area contributed by atoms with E-state index < -0.39 is 29.0 Å². The molecule has 0 bridgehead atoms. The monoisotopic (exact) mass is 492 g/mol. The number of carbonyl (C=O) groups excluding carboxylic acids is 1. The molecule has 5 nitrogen and oxygen atoms in total. The Balaban J connectivity index is 1.97. The lowest BCUT2D eigenvalue weighted by Crippen LogP contribution is -2.58. The van der Waals surface area contributed by atoms with Crippen molar-refractivity contribution >= 4 is 17.6 Å². The third-order valence-corrected chi connectivity index (χ3v) is 6.99.